The highest BCUT2D eigenvalue weighted by atomic mass is 15.0. The van der Waals surface area contributed by atoms with Crippen molar-refractivity contribution in [3.63, 3.8) is 0 Å². The number of hydrogen-bond donors (Lipinski definition) is 0. The van der Waals surface area contributed by atoms with Gasteiger partial charge in [0.05, 0.1) is 0 Å². The molecule has 0 saturated heterocycles. The van der Waals surface area contributed by atoms with Gasteiger partial charge < -0.3 is 4.57 Å². The zero-order valence-electron chi connectivity index (χ0n) is 9.40. The molecule has 1 heterocycles. The van der Waals surface area contributed by atoms with Crippen molar-refractivity contribution in [3.8, 4) is 0 Å². The molecule has 0 radical (unpaired) electrons. The van der Waals surface area contributed by atoms with Gasteiger partial charge in [-0.05, 0) is 31.2 Å². The van der Waals surface area contributed by atoms with Crippen molar-refractivity contribution >= 4 is 18.4 Å². The molecule has 1 aromatic heterocycles. The standard InChI is InChI=1S/C14H17N/c1-5-7-8-9-12(3)15-11-10-14(6-2)13(15)4/h5-11H,1,4H2,2-3H3/b8-7-,12-9+,14-6-. The second kappa shape index (κ2) is 5.20. The average molecular weight is 199 g/mol. The van der Waals surface area contributed by atoms with Gasteiger partial charge >= 0.3 is 0 Å². The van der Waals surface area contributed by atoms with Gasteiger partial charge in [-0.2, -0.15) is 0 Å². The van der Waals surface area contributed by atoms with Crippen molar-refractivity contribution < 1.29 is 0 Å². The molecule has 1 aromatic rings. The Bertz CT molecular complexity index is 498. The van der Waals surface area contributed by atoms with E-state index in [9.17, 15) is 0 Å². The molecule has 0 aromatic carbocycles. The third-order valence-electron chi connectivity index (χ3n) is 2.30. The second-order valence-corrected chi connectivity index (χ2v) is 3.31. The highest BCUT2D eigenvalue weighted by Crippen LogP contribution is 1.98. The summed E-state index contributed by atoms with van der Waals surface area (Å²) in [5.74, 6) is 0. The van der Waals surface area contributed by atoms with Crippen molar-refractivity contribution in [2.45, 2.75) is 13.8 Å². The largest absolute Gasteiger partial charge is 0.321 e. The van der Waals surface area contributed by atoms with Gasteiger partial charge in [-0.3, -0.25) is 0 Å². The third kappa shape index (κ3) is 2.59. The first-order chi connectivity index (χ1) is 7.20. The molecule has 0 fully saturated rings. The van der Waals surface area contributed by atoms with Gasteiger partial charge in [-0.1, -0.05) is 37.5 Å². The third-order valence-corrected chi connectivity index (χ3v) is 2.30. The van der Waals surface area contributed by atoms with Crippen LogP contribution in [0.5, 0.6) is 0 Å². The van der Waals surface area contributed by atoms with Crippen LogP contribution in [0.25, 0.3) is 18.4 Å². The maximum atomic E-state index is 4.05. The summed E-state index contributed by atoms with van der Waals surface area (Å²) >= 11 is 0. The maximum absolute atomic E-state index is 4.05. The van der Waals surface area contributed by atoms with E-state index in [4.69, 9.17) is 0 Å². The van der Waals surface area contributed by atoms with E-state index in [2.05, 4.69) is 36.8 Å². The molecule has 0 aliphatic heterocycles. The number of allylic oxidation sites excluding steroid dienone is 5. The van der Waals surface area contributed by atoms with E-state index >= 15 is 0 Å². The summed E-state index contributed by atoms with van der Waals surface area (Å²) in [6.07, 6.45) is 11.8. The number of aromatic nitrogens is 1. The lowest BCUT2D eigenvalue weighted by Gasteiger charge is -2.01. The Balaban J connectivity index is 3.12. The molecule has 0 atom stereocenters. The molecule has 0 N–H and O–H groups in total. The predicted octanol–water partition coefficient (Wildman–Crippen LogP) is 2.30. The van der Waals surface area contributed by atoms with Crippen LogP contribution in [-0.2, 0) is 0 Å². The molecule has 0 amide bonds. The zero-order chi connectivity index (χ0) is 11.3. The molecule has 0 aliphatic carbocycles. The van der Waals surface area contributed by atoms with E-state index in [0.29, 0.717) is 0 Å². The van der Waals surface area contributed by atoms with Crippen LogP contribution in [0.3, 0.4) is 0 Å². The van der Waals surface area contributed by atoms with E-state index in [1.807, 2.05) is 31.3 Å². The molecule has 0 unspecified atom stereocenters. The smallest absolute Gasteiger partial charge is 0.0449 e. The first-order valence-corrected chi connectivity index (χ1v) is 4.99. The van der Waals surface area contributed by atoms with Crippen LogP contribution in [0, 0.1) is 0 Å². The minimum atomic E-state index is 1.03. The average Bonchev–Trinajstić information content (AvgIpc) is 2.60. The highest BCUT2D eigenvalue weighted by molar-refractivity contribution is 5.47. The molecule has 0 aliphatic rings. The molecule has 0 spiro atoms. The van der Waals surface area contributed by atoms with Crippen molar-refractivity contribution in [2.75, 3.05) is 0 Å². The van der Waals surface area contributed by atoms with Gasteiger partial charge in [0.15, 0.2) is 0 Å². The summed E-state index contributed by atoms with van der Waals surface area (Å²) < 4.78 is 2.07. The molecular weight excluding hydrogens is 182 g/mol. The summed E-state index contributed by atoms with van der Waals surface area (Å²) in [5.41, 5.74) is 1.14. The van der Waals surface area contributed by atoms with E-state index in [0.717, 1.165) is 11.0 Å². The molecule has 1 rings (SSSR count). The summed E-state index contributed by atoms with van der Waals surface area (Å²) in [7, 11) is 0. The van der Waals surface area contributed by atoms with Crippen LogP contribution in [0.2, 0.25) is 0 Å². The zero-order valence-corrected chi connectivity index (χ0v) is 9.40. The van der Waals surface area contributed by atoms with Crippen molar-refractivity contribution in [1.29, 1.82) is 0 Å². The highest BCUT2D eigenvalue weighted by Gasteiger charge is 1.93. The molecule has 1 nitrogen and oxygen atoms in total. The maximum Gasteiger partial charge on any atom is 0.0449 e. The van der Waals surface area contributed by atoms with Crippen LogP contribution < -0.4 is 10.6 Å². The lowest BCUT2D eigenvalue weighted by atomic mass is 10.3. The van der Waals surface area contributed by atoms with E-state index in [-0.39, 0.29) is 0 Å². The van der Waals surface area contributed by atoms with Gasteiger partial charge in [0.1, 0.15) is 0 Å². The van der Waals surface area contributed by atoms with Crippen LogP contribution in [-0.4, -0.2) is 4.57 Å². The molecule has 78 valence electrons. The molecule has 1 heteroatoms. The van der Waals surface area contributed by atoms with Crippen LogP contribution >= 0.6 is 0 Å². The monoisotopic (exact) mass is 199 g/mol. The SMILES string of the molecule is C=C/C=C\C=C(/C)n1cc/c(=C/C)c1=C. The topological polar surface area (TPSA) is 4.93 Å². The Labute approximate surface area is 91.1 Å². The van der Waals surface area contributed by atoms with Crippen LogP contribution in [0.1, 0.15) is 13.8 Å². The Hall–Kier alpha value is -1.76. The van der Waals surface area contributed by atoms with Gasteiger partial charge in [-0.15, -0.1) is 0 Å². The van der Waals surface area contributed by atoms with Gasteiger partial charge in [0.2, 0.25) is 0 Å². The number of rotatable bonds is 3. The lowest BCUT2D eigenvalue weighted by molar-refractivity contribution is 1.05. The minimum absolute atomic E-state index is 1.03. The van der Waals surface area contributed by atoms with Crippen molar-refractivity contribution in [1.82, 2.24) is 4.57 Å². The fraction of sp³-hybridized carbons (Fsp3) is 0.143. The Kier molecular flexibility index (Phi) is 3.92. The molecule has 0 saturated carbocycles. The summed E-state index contributed by atoms with van der Waals surface area (Å²) in [6.45, 7) is 11.7. The number of hydrogen-bond acceptors (Lipinski definition) is 0. The summed E-state index contributed by atoms with van der Waals surface area (Å²) in [6, 6.07) is 2.07. The van der Waals surface area contributed by atoms with Crippen LogP contribution in [0.15, 0.2) is 43.1 Å². The van der Waals surface area contributed by atoms with Gasteiger partial charge in [0, 0.05) is 17.2 Å². The molecule has 15 heavy (non-hydrogen) atoms. The first kappa shape index (κ1) is 11.3. The van der Waals surface area contributed by atoms with Crippen molar-refractivity contribution in [2.24, 2.45) is 0 Å². The predicted molar refractivity (Wildman–Crippen MR) is 68.6 cm³/mol. The van der Waals surface area contributed by atoms with Gasteiger partial charge in [-0.25, -0.2) is 0 Å². The fourth-order valence-corrected chi connectivity index (χ4v) is 1.43. The number of nitrogens with zero attached hydrogens (tertiary/aromatic N) is 1. The van der Waals surface area contributed by atoms with E-state index in [1.165, 1.54) is 5.22 Å². The van der Waals surface area contributed by atoms with E-state index in [1.54, 1.807) is 6.08 Å². The first-order valence-electron chi connectivity index (χ1n) is 4.99. The van der Waals surface area contributed by atoms with Crippen LogP contribution in [0.4, 0.5) is 0 Å². The quantitative estimate of drug-likeness (QED) is 0.658. The fourth-order valence-electron chi connectivity index (χ4n) is 1.43. The Morgan fingerprint density at radius 1 is 1.40 bits per heavy atom. The Morgan fingerprint density at radius 2 is 2.13 bits per heavy atom. The molecule has 0 bridgehead atoms. The van der Waals surface area contributed by atoms with Gasteiger partial charge in [0.25, 0.3) is 0 Å². The minimum Gasteiger partial charge on any atom is -0.321 e. The normalized spacial score (nSPS) is 13.7. The summed E-state index contributed by atoms with van der Waals surface area (Å²) in [5, 5.41) is 2.20. The summed E-state index contributed by atoms with van der Waals surface area (Å²) in [4.78, 5) is 0. The van der Waals surface area contributed by atoms with Crippen molar-refractivity contribution in [3.05, 3.63) is 53.7 Å². The Morgan fingerprint density at radius 3 is 2.67 bits per heavy atom. The lowest BCUT2D eigenvalue weighted by Crippen LogP contribution is -2.25. The molecular formula is C14H17N. The van der Waals surface area contributed by atoms with E-state index < -0.39 is 0 Å². The second-order valence-electron chi connectivity index (χ2n) is 3.31.